The second-order valence-electron chi connectivity index (χ2n) is 26.6. The number of rotatable bonds is 1. The number of hydrogen-bond donors (Lipinski definition) is 0. The molecule has 0 saturated heterocycles. The number of aryl methyl sites for hydroxylation is 7. The number of thiophene rings is 1. The Hall–Kier alpha value is -13.8. The Balaban J connectivity index is 0.0000000935. The summed E-state index contributed by atoms with van der Waals surface area (Å²) in [7, 11) is 1.94. The van der Waals surface area contributed by atoms with Crippen molar-refractivity contribution in [2.45, 2.75) is 32.7 Å². The van der Waals surface area contributed by atoms with Crippen LogP contribution in [0.2, 0.25) is 0 Å². The van der Waals surface area contributed by atoms with E-state index in [1.165, 1.54) is 33.6 Å². The number of furan rings is 1. The van der Waals surface area contributed by atoms with Gasteiger partial charge in [0.05, 0.1) is 135 Å². The molecule has 1 aromatic carbocycles. The Bertz CT molecular complexity index is 7990. The summed E-state index contributed by atoms with van der Waals surface area (Å²) in [6.07, 6.45) is 16.9. The van der Waals surface area contributed by atoms with Gasteiger partial charge >= 0.3 is 5.71 Å². The van der Waals surface area contributed by atoms with E-state index in [1.807, 2.05) is 145 Å². The fourth-order valence-corrected chi connectivity index (χ4v) is 17.7. The van der Waals surface area contributed by atoms with Gasteiger partial charge < -0.3 is 4.42 Å². The maximum Gasteiger partial charge on any atom is 0.341 e. The zero-order valence-corrected chi connectivity index (χ0v) is 57.7. The second-order valence-corrected chi connectivity index (χ2v) is 27.7. The Labute approximate surface area is 643 Å². The average Bonchev–Trinajstić information content (AvgIpc) is 1.54. The molecule has 20 aromatic heterocycles. The first-order chi connectivity index (χ1) is 60.3. The van der Waals surface area contributed by atoms with Crippen molar-refractivity contribution in [3.63, 3.8) is 0 Å². The molecular weight excluding hydrogens is 1370 g/mol. The summed E-state index contributed by atoms with van der Waals surface area (Å²) in [5.74, 6) is 3.03. The van der Waals surface area contributed by atoms with E-state index in [1.54, 1.807) is 108 Å². The molecule has 108 heavy (non-hydrogen) atoms. The van der Waals surface area contributed by atoms with E-state index in [0.717, 1.165) is 88.1 Å². The maximum absolute atomic E-state index is 8.30. The summed E-state index contributed by atoms with van der Waals surface area (Å²) in [5.41, 5.74) is 20.4. The van der Waals surface area contributed by atoms with Gasteiger partial charge in [-0.2, -0.15) is 4.57 Å². The molecule has 26 rings (SSSR count). The third kappa shape index (κ3) is 8.51. The molecule has 0 amide bonds. The van der Waals surface area contributed by atoms with Crippen LogP contribution in [0, 0.1) is 0 Å². The van der Waals surface area contributed by atoms with Crippen LogP contribution < -0.4 is 22.8 Å². The molecule has 24 nitrogen and oxygen atoms in total. The van der Waals surface area contributed by atoms with Gasteiger partial charge in [0.15, 0.2) is 11.1 Å². The van der Waals surface area contributed by atoms with E-state index in [0.29, 0.717) is 145 Å². The molecule has 0 fully saturated rings. The van der Waals surface area contributed by atoms with Gasteiger partial charge in [0, 0.05) is 62.0 Å². The Morgan fingerprint density at radius 2 is 0.694 bits per heavy atom. The first kappa shape index (κ1) is 46.1. The average molecular weight is 1450 g/mol. The summed E-state index contributed by atoms with van der Waals surface area (Å²) in [6, 6.07) is 46.9. The van der Waals surface area contributed by atoms with Crippen molar-refractivity contribution in [2.75, 3.05) is 0 Å². The van der Waals surface area contributed by atoms with Crippen LogP contribution in [0.1, 0.15) is 53.1 Å². The number of para-hydroxylation sites is 1. The Kier molecular flexibility index (Phi) is 9.86. The summed E-state index contributed by atoms with van der Waals surface area (Å²) < 4.78 is 174. The molecule has 25 heteroatoms. The van der Waals surface area contributed by atoms with Crippen molar-refractivity contribution >= 4 is 121 Å². The SMILES string of the molecule is [2H]C([2H])([2H])n1c2[n+](c3c1c1ncccc1n3-c1ccccc1)Cc1ncccc1-2.[2H]C([2H])([2H])n1c2[n+](c3c1c1ncccc1n3C([2H])([2H])[2H])Cc1ncccc1-2.[2H]C([2H])([2H])n1c2[n+](c3c1c1ncccc1n3C)Cc1ncccc1-2.[2H]C([2H])([2H])n1c2[n+](c3oc4cccnc4c31)Cc1ncccc1-2.[2H]C([2H])([2H])n1c2[n+](c3sc4cccnc4c31)Cc1ncccc1-2. The van der Waals surface area contributed by atoms with Crippen molar-refractivity contribution in [3.8, 4) is 62.6 Å². The third-order valence-electron chi connectivity index (χ3n) is 21.0. The lowest BCUT2D eigenvalue weighted by Crippen LogP contribution is -2.33. The lowest BCUT2D eigenvalue weighted by Gasteiger charge is -2.02. The van der Waals surface area contributed by atoms with Crippen LogP contribution in [-0.2, 0) is 81.6 Å². The second kappa shape index (κ2) is 23.1. The van der Waals surface area contributed by atoms with Gasteiger partial charge in [0.2, 0.25) is 49.9 Å². The molecule has 0 N–H and O–H groups in total. The summed E-state index contributed by atoms with van der Waals surface area (Å²) in [4.78, 5) is 45.0. The van der Waals surface area contributed by atoms with Crippen LogP contribution in [0.3, 0.4) is 0 Å². The highest BCUT2D eigenvalue weighted by molar-refractivity contribution is 7.25. The van der Waals surface area contributed by atoms with Crippen LogP contribution in [0.15, 0.2) is 218 Å². The van der Waals surface area contributed by atoms with Crippen molar-refractivity contribution in [3.05, 3.63) is 242 Å². The zero-order valence-electron chi connectivity index (χ0n) is 74.8. The minimum Gasteiger partial charge on any atom is -0.417 e. The predicted octanol–water partition coefficient (Wildman–Crippen LogP) is 11.3. The van der Waals surface area contributed by atoms with Gasteiger partial charge in [-0.25, -0.2) is 51.9 Å². The minimum atomic E-state index is -2.51. The van der Waals surface area contributed by atoms with Crippen molar-refractivity contribution in [1.82, 2.24) is 86.4 Å². The fraction of sp³-hybridized carbons (Fsp3) is 0.145. The van der Waals surface area contributed by atoms with Gasteiger partial charge in [-0.05, 0) is 133 Å². The van der Waals surface area contributed by atoms with Crippen LogP contribution in [-0.4, -0.2) is 86.4 Å². The van der Waals surface area contributed by atoms with Gasteiger partial charge in [0.1, 0.15) is 77.0 Å². The Morgan fingerprint density at radius 3 is 1.22 bits per heavy atom. The summed E-state index contributed by atoms with van der Waals surface area (Å²) in [6.45, 7) is -11.8. The molecule has 25 heterocycles. The molecule has 5 aliphatic heterocycles. The number of nitrogens with zero attached hydrogens (tertiary/aromatic N) is 23. The largest absolute Gasteiger partial charge is 0.417 e. The number of benzene rings is 1. The number of aromatic nitrogens is 23. The van der Waals surface area contributed by atoms with Crippen molar-refractivity contribution in [1.29, 1.82) is 0 Å². The summed E-state index contributed by atoms with van der Waals surface area (Å²) in [5, 5.41) is 0. The number of pyridine rings is 10. The van der Waals surface area contributed by atoms with E-state index in [9.17, 15) is 0 Å². The molecule has 0 spiro atoms. The molecule has 0 aliphatic carbocycles. The van der Waals surface area contributed by atoms with Crippen molar-refractivity contribution < 1.29 is 51.9 Å². The quantitative estimate of drug-likeness (QED) is 0.142. The van der Waals surface area contributed by atoms with Gasteiger partial charge in [-0.3, -0.25) is 52.7 Å². The van der Waals surface area contributed by atoms with Crippen LogP contribution in [0.5, 0.6) is 0 Å². The van der Waals surface area contributed by atoms with E-state index in [2.05, 4.69) is 54.4 Å². The molecule has 0 unspecified atom stereocenters. The van der Waals surface area contributed by atoms with Crippen LogP contribution >= 0.6 is 11.3 Å². The van der Waals surface area contributed by atoms with E-state index < -0.39 is 41.9 Å². The summed E-state index contributed by atoms with van der Waals surface area (Å²) >= 11 is 1.58. The van der Waals surface area contributed by atoms with E-state index in [-0.39, 0.29) is 0 Å². The molecule has 21 aromatic rings. The van der Waals surface area contributed by atoms with Gasteiger partial charge in [0.25, 0.3) is 28.6 Å². The topological polar surface area (TPSA) is 201 Å². The van der Waals surface area contributed by atoms with E-state index in [4.69, 9.17) is 29.1 Å². The molecule has 0 atom stereocenters. The molecule has 0 bridgehead atoms. The fourth-order valence-electron chi connectivity index (χ4n) is 16.5. The number of fused-ring (bicyclic) bond motifs is 35. The van der Waals surface area contributed by atoms with Gasteiger partial charge in [-0.15, -0.1) is 0 Å². The first-order valence-corrected chi connectivity index (χ1v) is 35.3. The minimum absolute atomic E-state index is 0.297. The monoisotopic (exact) mass is 1450 g/mol. The number of hydrogen-bond acceptors (Lipinski definition) is 12. The molecule has 0 radical (unpaired) electrons. The van der Waals surface area contributed by atoms with E-state index >= 15 is 0 Å². The Morgan fingerprint density at radius 1 is 0.324 bits per heavy atom. The lowest BCUT2D eigenvalue weighted by molar-refractivity contribution is -0.652. The molecule has 5 aliphatic rings. The lowest BCUT2D eigenvalue weighted by atomic mass is 10.2. The van der Waals surface area contributed by atoms with Gasteiger partial charge in [-0.1, -0.05) is 29.5 Å². The van der Waals surface area contributed by atoms with Crippen LogP contribution in [0.25, 0.3) is 172 Å². The highest BCUT2D eigenvalue weighted by atomic mass is 32.1. The third-order valence-corrected chi connectivity index (χ3v) is 22.1. The predicted molar refractivity (Wildman–Crippen MR) is 411 cm³/mol. The molecule has 0 saturated carbocycles. The first-order valence-electron chi connectivity index (χ1n) is 43.5. The molecule has 520 valence electrons. The zero-order chi connectivity index (χ0) is 87.1. The maximum atomic E-state index is 8.30. The van der Waals surface area contributed by atoms with Crippen molar-refractivity contribution in [2.24, 2.45) is 48.9 Å². The van der Waals surface area contributed by atoms with Crippen LogP contribution in [0.4, 0.5) is 0 Å². The number of imidazole rings is 5. The molecular formula is C83H66N23OS+5. The highest BCUT2D eigenvalue weighted by Crippen LogP contribution is 2.41. The smallest absolute Gasteiger partial charge is 0.341 e. The highest BCUT2D eigenvalue weighted by Gasteiger charge is 2.42. The standard InChI is InChI=1S/C21H16N5.2C16H14N5.C15H11N4O.C15H11N4S/c1-24-19-18-17(10-6-12-23-18)26(14-7-3-2-4-8-14)21(19)25-13-16-15(20(24)25)9-5-11-22-16;2*1-19-12-6-4-8-18-13(12)14-16(19)21-9-11-10(5-3-7-17-11)15(21)20(14)2;2*1-18-13-12-11(5-3-7-17-12)20-15(13)19-8-10-9(14(18)19)4-2-6-16-10/h2-12H,13H2,1H3;2*3-8H,9H2,1-2H3;2*2-7H,8H2,1H3/q5*+1/i1D3;1D3,2D3;2D3;2*1D3. The normalized spacial score (nSPS) is 16.1.